The maximum atomic E-state index is 12.1. The zero-order valence-electron chi connectivity index (χ0n) is 11.4. The van der Waals surface area contributed by atoms with Crippen molar-refractivity contribution >= 4 is 6.09 Å². The van der Waals surface area contributed by atoms with E-state index in [0.717, 1.165) is 32.2 Å². The Morgan fingerprint density at radius 3 is 2.71 bits per heavy atom. The summed E-state index contributed by atoms with van der Waals surface area (Å²) < 4.78 is 5.44. The van der Waals surface area contributed by atoms with Gasteiger partial charge in [-0.15, -0.1) is 0 Å². The van der Waals surface area contributed by atoms with Crippen molar-refractivity contribution in [3.05, 3.63) is 0 Å². The Kier molecular flexibility index (Phi) is 5.25. The van der Waals surface area contributed by atoms with Crippen molar-refractivity contribution in [2.45, 2.75) is 64.5 Å². The Labute approximate surface area is 104 Å². The monoisotopic (exact) mass is 242 g/mol. The van der Waals surface area contributed by atoms with E-state index in [1.165, 1.54) is 6.42 Å². The number of ether oxygens (including phenoxy) is 1. The van der Waals surface area contributed by atoms with Gasteiger partial charge in [-0.2, -0.15) is 0 Å². The number of amides is 1. The highest BCUT2D eigenvalue weighted by Crippen LogP contribution is 2.23. The second-order valence-corrected chi connectivity index (χ2v) is 5.75. The molecule has 0 aromatic rings. The SMILES string of the molecule is CC(C)(C)OC(=O)N1CCCC[C@@H]1CCCN. The third kappa shape index (κ3) is 4.94. The first-order chi connectivity index (χ1) is 7.94. The molecule has 1 fully saturated rings. The fourth-order valence-electron chi connectivity index (χ4n) is 2.22. The van der Waals surface area contributed by atoms with Crippen LogP contribution in [0.4, 0.5) is 4.79 Å². The molecule has 0 aromatic heterocycles. The van der Waals surface area contributed by atoms with E-state index in [2.05, 4.69) is 0 Å². The second kappa shape index (κ2) is 6.24. The number of rotatable bonds is 3. The van der Waals surface area contributed by atoms with Crippen LogP contribution in [-0.2, 0) is 4.74 Å². The van der Waals surface area contributed by atoms with Crippen molar-refractivity contribution in [1.29, 1.82) is 0 Å². The summed E-state index contributed by atoms with van der Waals surface area (Å²) in [6, 6.07) is 0.321. The molecule has 0 aromatic carbocycles. The molecule has 1 heterocycles. The van der Waals surface area contributed by atoms with Crippen LogP contribution in [0.25, 0.3) is 0 Å². The largest absolute Gasteiger partial charge is 0.444 e. The van der Waals surface area contributed by atoms with Gasteiger partial charge < -0.3 is 15.4 Å². The molecule has 1 rings (SSSR count). The third-order valence-electron chi connectivity index (χ3n) is 3.00. The van der Waals surface area contributed by atoms with Gasteiger partial charge in [-0.1, -0.05) is 0 Å². The molecule has 1 atom stereocenters. The van der Waals surface area contributed by atoms with Gasteiger partial charge >= 0.3 is 6.09 Å². The molecular formula is C13H26N2O2. The molecule has 0 radical (unpaired) electrons. The van der Waals surface area contributed by atoms with Crippen molar-refractivity contribution in [3.8, 4) is 0 Å². The van der Waals surface area contributed by atoms with Crippen LogP contribution in [0.15, 0.2) is 0 Å². The van der Waals surface area contributed by atoms with E-state index in [0.29, 0.717) is 12.6 Å². The number of hydrogen-bond acceptors (Lipinski definition) is 3. The van der Waals surface area contributed by atoms with Gasteiger partial charge in [0.1, 0.15) is 5.60 Å². The summed E-state index contributed by atoms with van der Waals surface area (Å²) in [6.45, 7) is 7.24. The minimum atomic E-state index is -0.410. The second-order valence-electron chi connectivity index (χ2n) is 5.75. The van der Waals surface area contributed by atoms with Crippen molar-refractivity contribution in [1.82, 2.24) is 4.90 Å². The molecular weight excluding hydrogens is 216 g/mol. The molecule has 1 aliphatic heterocycles. The fourth-order valence-corrected chi connectivity index (χ4v) is 2.22. The summed E-state index contributed by atoms with van der Waals surface area (Å²) >= 11 is 0. The van der Waals surface area contributed by atoms with E-state index in [1.807, 2.05) is 25.7 Å². The van der Waals surface area contributed by atoms with Gasteiger partial charge in [0.2, 0.25) is 0 Å². The first-order valence-corrected chi connectivity index (χ1v) is 6.64. The molecule has 4 heteroatoms. The quantitative estimate of drug-likeness (QED) is 0.827. The van der Waals surface area contributed by atoms with E-state index in [9.17, 15) is 4.79 Å². The minimum absolute atomic E-state index is 0.167. The highest BCUT2D eigenvalue weighted by molar-refractivity contribution is 5.68. The van der Waals surface area contributed by atoms with Crippen molar-refractivity contribution in [2.75, 3.05) is 13.1 Å². The maximum Gasteiger partial charge on any atom is 0.410 e. The van der Waals surface area contributed by atoms with Crippen LogP contribution >= 0.6 is 0 Å². The van der Waals surface area contributed by atoms with E-state index in [4.69, 9.17) is 10.5 Å². The number of nitrogens with zero attached hydrogens (tertiary/aromatic N) is 1. The smallest absolute Gasteiger partial charge is 0.410 e. The van der Waals surface area contributed by atoms with Crippen molar-refractivity contribution in [3.63, 3.8) is 0 Å². The van der Waals surface area contributed by atoms with E-state index in [-0.39, 0.29) is 6.09 Å². The average Bonchev–Trinajstić information content (AvgIpc) is 2.24. The summed E-state index contributed by atoms with van der Waals surface area (Å²) in [6.07, 6.45) is 5.17. The number of carbonyl (C=O) groups excluding carboxylic acids is 1. The standard InChI is InChI=1S/C13H26N2O2/c1-13(2,3)17-12(16)15-10-5-4-7-11(15)8-6-9-14/h11H,4-10,14H2,1-3H3/t11-/m1/s1. The van der Waals surface area contributed by atoms with Crippen LogP contribution in [0.2, 0.25) is 0 Å². The number of hydrogen-bond donors (Lipinski definition) is 1. The fraction of sp³-hybridized carbons (Fsp3) is 0.923. The van der Waals surface area contributed by atoms with Crippen LogP contribution in [0.1, 0.15) is 52.9 Å². The molecule has 0 unspecified atom stereocenters. The van der Waals surface area contributed by atoms with Gasteiger partial charge in [-0.3, -0.25) is 0 Å². The molecule has 4 nitrogen and oxygen atoms in total. The molecule has 0 saturated carbocycles. The Morgan fingerprint density at radius 1 is 1.41 bits per heavy atom. The average molecular weight is 242 g/mol. The zero-order valence-corrected chi connectivity index (χ0v) is 11.4. The predicted octanol–water partition coefficient (Wildman–Crippen LogP) is 2.51. The molecule has 1 amide bonds. The van der Waals surface area contributed by atoms with Gasteiger partial charge in [-0.25, -0.2) is 4.79 Å². The molecule has 1 saturated heterocycles. The van der Waals surface area contributed by atoms with Gasteiger partial charge in [0.05, 0.1) is 0 Å². The van der Waals surface area contributed by atoms with Crippen LogP contribution in [0.3, 0.4) is 0 Å². The zero-order chi connectivity index (χ0) is 12.9. The molecule has 0 bridgehead atoms. The Hall–Kier alpha value is -0.770. The summed E-state index contributed by atoms with van der Waals surface area (Å²) in [5.41, 5.74) is 5.12. The van der Waals surface area contributed by atoms with Gasteiger partial charge in [0.25, 0.3) is 0 Å². The lowest BCUT2D eigenvalue weighted by Crippen LogP contribution is -2.46. The molecule has 1 aliphatic rings. The minimum Gasteiger partial charge on any atom is -0.444 e. The maximum absolute atomic E-state index is 12.1. The number of piperidine rings is 1. The van der Waals surface area contributed by atoms with Gasteiger partial charge in [-0.05, 0) is 59.4 Å². The van der Waals surface area contributed by atoms with Crippen molar-refractivity contribution in [2.24, 2.45) is 5.73 Å². The number of nitrogens with two attached hydrogens (primary N) is 1. The highest BCUT2D eigenvalue weighted by atomic mass is 16.6. The number of likely N-dealkylation sites (tertiary alicyclic amines) is 1. The van der Waals surface area contributed by atoms with E-state index in [1.54, 1.807) is 0 Å². The number of carbonyl (C=O) groups is 1. The first-order valence-electron chi connectivity index (χ1n) is 6.64. The lowest BCUT2D eigenvalue weighted by atomic mass is 9.98. The summed E-state index contributed by atoms with van der Waals surface area (Å²) in [5, 5.41) is 0. The third-order valence-corrected chi connectivity index (χ3v) is 3.00. The summed E-state index contributed by atoms with van der Waals surface area (Å²) in [7, 11) is 0. The predicted molar refractivity (Wildman–Crippen MR) is 68.9 cm³/mol. The Balaban J connectivity index is 2.54. The van der Waals surface area contributed by atoms with Gasteiger partial charge in [0, 0.05) is 12.6 Å². The highest BCUT2D eigenvalue weighted by Gasteiger charge is 2.29. The van der Waals surface area contributed by atoms with E-state index >= 15 is 0 Å². The Morgan fingerprint density at radius 2 is 2.12 bits per heavy atom. The van der Waals surface area contributed by atoms with Crippen LogP contribution in [-0.4, -0.2) is 35.7 Å². The Bertz CT molecular complexity index is 248. The topological polar surface area (TPSA) is 55.6 Å². The molecule has 2 N–H and O–H groups in total. The first kappa shape index (κ1) is 14.3. The normalized spacial score (nSPS) is 21.4. The van der Waals surface area contributed by atoms with Crippen LogP contribution in [0.5, 0.6) is 0 Å². The lowest BCUT2D eigenvalue weighted by molar-refractivity contribution is 0.00872. The molecule has 17 heavy (non-hydrogen) atoms. The van der Waals surface area contributed by atoms with Gasteiger partial charge in [0.15, 0.2) is 0 Å². The van der Waals surface area contributed by atoms with E-state index < -0.39 is 5.60 Å². The molecule has 100 valence electrons. The molecule has 0 spiro atoms. The summed E-state index contributed by atoms with van der Waals surface area (Å²) in [4.78, 5) is 14.0. The molecule has 0 aliphatic carbocycles. The lowest BCUT2D eigenvalue weighted by Gasteiger charge is -2.36. The van der Waals surface area contributed by atoms with Crippen molar-refractivity contribution < 1.29 is 9.53 Å². The van der Waals surface area contributed by atoms with Crippen LogP contribution in [0, 0.1) is 0 Å². The van der Waals surface area contributed by atoms with Crippen LogP contribution < -0.4 is 5.73 Å². The summed E-state index contributed by atoms with van der Waals surface area (Å²) in [5.74, 6) is 0.